The fourth-order valence-corrected chi connectivity index (χ4v) is 2.62. The van der Waals surface area contributed by atoms with Gasteiger partial charge in [0.05, 0.1) is 19.2 Å². The lowest BCUT2D eigenvalue weighted by Gasteiger charge is -2.17. The lowest BCUT2D eigenvalue weighted by atomic mass is 10.1. The van der Waals surface area contributed by atoms with Crippen molar-refractivity contribution in [1.29, 1.82) is 0 Å². The molecule has 1 heterocycles. The number of aromatic nitrogens is 1. The zero-order valence-electron chi connectivity index (χ0n) is 14.7. The van der Waals surface area contributed by atoms with Gasteiger partial charge in [-0.3, -0.25) is 4.79 Å². The summed E-state index contributed by atoms with van der Waals surface area (Å²) in [6.45, 7) is 4.19. The van der Waals surface area contributed by atoms with E-state index < -0.39 is 5.97 Å². The number of hydrogen-bond acceptors (Lipinski definition) is 4. The molecule has 0 atom stereocenters. The van der Waals surface area contributed by atoms with Crippen LogP contribution in [0.2, 0.25) is 5.02 Å². The summed E-state index contributed by atoms with van der Waals surface area (Å²) in [6.07, 6.45) is 0. The van der Waals surface area contributed by atoms with E-state index in [2.05, 4.69) is 4.98 Å². The number of nitrogens with one attached hydrogen (secondary N) is 1. The average Bonchev–Trinajstić information content (AvgIpc) is 2.89. The third kappa shape index (κ3) is 4.33. The second-order valence-corrected chi connectivity index (χ2v) is 6.08. The van der Waals surface area contributed by atoms with E-state index in [1.54, 1.807) is 45.2 Å². The highest BCUT2D eigenvalue weighted by Gasteiger charge is 2.24. The maximum Gasteiger partial charge on any atom is 0.339 e. The van der Waals surface area contributed by atoms with Crippen LogP contribution < -0.4 is 4.74 Å². The molecule has 0 bridgehead atoms. The molecule has 2 rings (SSSR count). The maximum absolute atomic E-state index is 12.6. The van der Waals surface area contributed by atoms with Gasteiger partial charge in [-0.25, -0.2) is 4.79 Å². The number of hydrogen-bond donors (Lipinski definition) is 1. The van der Waals surface area contributed by atoms with E-state index >= 15 is 0 Å². The Morgan fingerprint density at radius 3 is 2.44 bits per heavy atom. The Bertz CT molecular complexity index is 768. The number of esters is 1. The summed E-state index contributed by atoms with van der Waals surface area (Å²) in [5, 5.41) is 0.638. The van der Waals surface area contributed by atoms with Gasteiger partial charge in [-0.05, 0) is 43.7 Å². The molecule has 1 amide bonds. The second kappa shape index (κ2) is 8.07. The first-order chi connectivity index (χ1) is 11.8. The van der Waals surface area contributed by atoms with Gasteiger partial charge < -0.3 is 19.4 Å². The number of halogens is 1. The lowest BCUT2D eigenvalue weighted by molar-refractivity contribution is 0.0599. The van der Waals surface area contributed by atoms with Gasteiger partial charge in [-0.15, -0.1) is 0 Å². The van der Waals surface area contributed by atoms with E-state index in [0.717, 1.165) is 0 Å². The molecule has 25 heavy (non-hydrogen) atoms. The molecule has 7 heteroatoms. The molecular formula is C18H21ClN2O4. The summed E-state index contributed by atoms with van der Waals surface area (Å²) >= 11 is 5.82. The van der Waals surface area contributed by atoms with Crippen LogP contribution in [-0.4, -0.2) is 49.1 Å². The van der Waals surface area contributed by atoms with Crippen LogP contribution in [0.15, 0.2) is 24.3 Å². The van der Waals surface area contributed by atoms with Crippen molar-refractivity contribution in [3.63, 3.8) is 0 Å². The van der Waals surface area contributed by atoms with Gasteiger partial charge in [0.25, 0.3) is 5.91 Å². The fourth-order valence-electron chi connectivity index (χ4n) is 2.50. The van der Waals surface area contributed by atoms with E-state index in [9.17, 15) is 9.59 Å². The Labute approximate surface area is 151 Å². The van der Waals surface area contributed by atoms with Crippen molar-refractivity contribution >= 4 is 23.5 Å². The molecule has 0 unspecified atom stereocenters. The van der Waals surface area contributed by atoms with E-state index in [-0.39, 0.29) is 5.91 Å². The summed E-state index contributed by atoms with van der Waals surface area (Å²) in [4.78, 5) is 28.9. The number of carbonyl (C=O) groups is 2. The third-order valence-electron chi connectivity index (χ3n) is 3.90. The van der Waals surface area contributed by atoms with Crippen LogP contribution in [0.3, 0.4) is 0 Å². The molecule has 0 fully saturated rings. The van der Waals surface area contributed by atoms with Crippen LogP contribution in [0.5, 0.6) is 5.75 Å². The number of nitrogens with zero attached hydrogens (tertiary/aromatic N) is 1. The molecule has 0 aliphatic carbocycles. The summed E-state index contributed by atoms with van der Waals surface area (Å²) < 4.78 is 10.4. The monoisotopic (exact) mass is 364 g/mol. The zero-order chi connectivity index (χ0) is 18.6. The number of amides is 1. The van der Waals surface area contributed by atoms with Gasteiger partial charge in [0.1, 0.15) is 18.1 Å². The van der Waals surface area contributed by atoms with Crippen molar-refractivity contribution in [1.82, 2.24) is 9.88 Å². The maximum atomic E-state index is 12.6. The van der Waals surface area contributed by atoms with Gasteiger partial charge >= 0.3 is 5.97 Å². The number of H-pyrrole nitrogens is 1. The number of carbonyl (C=O) groups excluding carboxylic acids is 2. The minimum atomic E-state index is -0.459. The molecule has 2 aromatic rings. The Morgan fingerprint density at radius 1 is 1.20 bits per heavy atom. The summed E-state index contributed by atoms with van der Waals surface area (Å²) in [5.74, 6) is 0.0135. The number of aryl methyl sites for hydroxylation is 1. The quantitative estimate of drug-likeness (QED) is 0.799. The van der Waals surface area contributed by atoms with Gasteiger partial charge in [0, 0.05) is 17.8 Å². The van der Waals surface area contributed by atoms with Crippen molar-refractivity contribution in [2.24, 2.45) is 0 Å². The molecule has 1 aromatic heterocycles. The van der Waals surface area contributed by atoms with E-state index in [0.29, 0.717) is 46.4 Å². The highest BCUT2D eigenvalue weighted by atomic mass is 35.5. The Balaban J connectivity index is 2.00. The molecule has 6 nitrogen and oxygen atoms in total. The highest BCUT2D eigenvalue weighted by molar-refractivity contribution is 6.30. The van der Waals surface area contributed by atoms with Crippen molar-refractivity contribution in [3.8, 4) is 5.75 Å². The van der Waals surface area contributed by atoms with Gasteiger partial charge in [-0.2, -0.15) is 0 Å². The van der Waals surface area contributed by atoms with E-state index in [1.165, 1.54) is 12.0 Å². The van der Waals surface area contributed by atoms with Crippen LogP contribution in [0.25, 0.3) is 0 Å². The smallest absolute Gasteiger partial charge is 0.339 e. The third-order valence-corrected chi connectivity index (χ3v) is 4.15. The minimum absolute atomic E-state index is 0.213. The first-order valence-electron chi connectivity index (χ1n) is 7.76. The van der Waals surface area contributed by atoms with Crippen molar-refractivity contribution < 1.29 is 19.1 Å². The molecule has 0 spiro atoms. The highest BCUT2D eigenvalue weighted by Crippen LogP contribution is 2.20. The number of ether oxygens (including phenoxy) is 2. The van der Waals surface area contributed by atoms with Gasteiger partial charge in [0.2, 0.25) is 0 Å². The van der Waals surface area contributed by atoms with Crippen molar-refractivity contribution in [2.75, 3.05) is 27.3 Å². The average molecular weight is 365 g/mol. The number of methoxy groups -OCH3 is 1. The predicted molar refractivity (Wildman–Crippen MR) is 95.5 cm³/mol. The number of likely N-dealkylation sites (N-methyl/N-ethyl adjacent to an activating group) is 1. The molecule has 0 saturated carbocycles. The lowest BCUT2D eigenvalue weighted by Crippen LogP contribution is -2.31. The van der Waals surface area contributed by atoms with Gasteiger partial charge in [-0.1, -0.05) is 11.6 Å². The molecule has 1 aromatic carbocycles. The SMILES string of the molecule is COC(=O)c1c(C)[nH]c(C(=O)N(C)CCOc2ccc(Cl)cc2)c1C. The topological polar surface area (TPSA) is 71.6 Å². The molecule has 1 N–H and O–H groups in total. The molecular weight excluding hydrogens is 344 g/mol. The van der Waals surface area contributed by atoms with Crippen molar-refractivity contribution in [3.05, 3.63) is 51.8 Å². The Kier molecular flexibility index (Phi) is 6.09. The van der Waals surface area contributed by atoms with E-state index in [1.807, 2.05) is 0 Å². The zero-order valence-corrected chi connectivity index (χ0v) is 15.4. The van der Waals surface area contributed by atoms with Crippen molar-refractivity contribution in [2.45, 2.75) is 13.8 Å². The fraction of sp³-hybridized carbons (Fsp3) is 0.333. The summed E-state index contributed by atoms with van der Waals surface area (Å²) in [6, 6.07) is 7.02. The molecule has 0 radical (unpaired) electrons. The molecule has 0 aliphatic heterocycles. The Morgan fingerprint density at radius 2 is 1.84 bits per heavy atom. The largest absolute Gasteiger partial charge is 0.492 e. The van der Waals surface area contributed by atoms with Crippen LogP contribution >= 0.6 is 11.6 Å². The number of aromatic amines is 1. The molecule has 0 saturated heterocycles. The minimum Gasteiger partial charge on any atom is -0.492 e. The van der Waals surface area contributed by atoms with Crippen LogP contribution in [0, 0.1) is 13.8 Å². The standard InChI is InChI=1S/C18H21ClN2O4/c1-11-15(18(23)24-4)12(2)20-16(11)17(22)21(3)9-10-25-14-7-5-13(19)6-8-14/h5-8,20H,9-10H2,1-4H3. The normalized spacial score (nSPS) is 10.4. The summed E-state index contributed by atoms with van der Waals surface area (Å²) in [7, 11) is 3.00. The second-order valence-electron chi connectivity index (χ2n) is 5.65. The number of benzene rings is 1. The Hall–Kier alpha value is -2.47. The van der Waals surface area contributed by atoms with Crippen LogP contribution in [-0.2, 0) is 4.74 Å². The summed E-state index contributed by atoms with van der Waals surface area (Å²) in [5.41, 5.74) is 1.97. The molecule has 134 valence electrons. The first-order valence-corrected chi connectivity index (χ1v) is 8.14. The molecule has 0 aliphatic rings. The predicted octanol–water partition coefficient (Wildman–Crippen LogP) is 3.22. The van der Waals surface area contributed by atoms with E-state index in [4.69, 9.17) is 21.1 Å². The van der Waals surface area contributed by atoms with Crippen LogP contribution in [0.1, 0.15) is 32.1 Å². The number of rotatable bonds is 6. The van der Waals surface area contributed by atoms with Crippen LogP contribution in [0.4, 0.5) is 0 Å². The van der Waals surface area contributed by atoms with Gasteiger partial charge in [0.15, 0.2) is 0 Å². The first kappa shape index (κ1) is 18.9.